The molecule has 0 spiro atoms. The molecule has 1 aromatic heterocycles. The fourth-order valence-corrected chi connectivity index (χ4v) is 4.01. The molecule has 1 heterocycles. The minimum Gasteiger partial charge on any atom is -0.465 e. The summed E-state index contributed by atoms with van der Waals surface area (Å²) in [5.74, 6) is -2.60. The number of nitrogens with one attached hydrogen (secondary N) is 1. The molecule has 0 bridgehead atoms. The van der Waals surface area contributed by atoms with Gasteiger partial charge in [-0.15, -0.1) is 0 Å². The zero-order valence-corrected chi connectivity index (χ0v) is 18.8. The molecule has 3 aromatic rings. The lowest BCUT2D eigenvalue weighted by Crippen LogP contribution is -2.22. The average Bonchev–Trinajstić information content (AvgIpc) is 3.46. The van der Waals surface area contributed by atoms with Crippen molar-refractivity contribution < 1.29 is 37.8 Å². The normalized spacial score (nSPS) is 12.2. The summed E-state index contributed by atoms with van der Waals surface area (Å²) in [6.07, 6.45) is 4.65. The molecule has 2 aromatic carbocycles. The van der Waals surface area contributed by atoms with Crippen LogP contribution in [0.2, 0.25) is 0 Å². The fraction of sp³-hybridized carbons (Fsp3) is 0.280. The van der Waals surface area contributed by atoms with E-state index >= 15 is 0 Å². The number of ether oxygens (including phenoxy) is 3. The second kappa shape index (κ2) is 9.78. The maximum atomic E-state index is 12.3. The van der Waals surface area contributed by atoms with Gasteiger partial charge in [-0.2, -0.15) is 0 Å². The smallest absolute Gasteiger partial charge is 0.337 e. The molecule has 0 saturated heterocycles. The Balaban J connectivity index is 1.38. The van der Waals surface area contributed by atoms with E-state index < -0.39 is 30.4 Å². The highest BCUT2D eigenvalue weighted by molar-refractivity contribution is 6.00. The number of methoxy groups -OCH3 is 2. The Bertz CT molecular complexity index is 1260. The van der Waals surface area contributed by atoms with Crippen molar-refractivity contribution >= 4 is 40.5 Å². The minimum absolute atomic E-state index is 0.0383. The van der Waals surface area contributed by atoms with Gasteiger partial charge < -0.3 is 23.9 Å². The summed E-state index contributed by atoms with van der Waals surface area (Å²) in [5.41, 5.74) is 4.23. The average molecular weight is 465 g/mol. The highest BCUT2D eigenvalue weighted by atomic mass is 16.5. The maximum absolute atomic E-state index is 12.3. The predicted octanol–water partition coefficient (Wildman–Crippen LogP) is 3.22. The van der Waals surface area contributed by atoms with E-state index in [1.807, 2.05) is 6.07 Å². The van der Waals surface area contributed by atoms with Crippen molar-refractivity contribution in [3.8, 4) is 0 Å². The number of fused-ring (bicyclic) bond motifs is 2. The summed E-state index contributed by atoms with van der Waals surface area (Å²) in [5, 5.41) is 3.37. The largest absolute Gasteiger partial charge is 0.465 e. The van der Waals surface area contributed by atoms with E-state index in [0.29, 0.717) is 5.56 Å². The van der Waals surface area contributed by atoms with Crippen LogP contribution in [-0.2, 0) is 43.1 Å². The lowest BCUT2D eigenvalue weighted by molar-refractivity contribution is -0.146. The SMILES string of the molecule is COC(=O)c1cc(NC(=O)COC(=O)Cc2coc3cc4c(cc23)CCC4)cc(C(=O)OC)c1. The number of aryl methyl sites for hydroxylation is 2. The molecule has 1 aliphatic carbocycles. The number of carbonyl (C=O) groups excluding carboxylic acids is 4. The van der Waals surface area contributed by atoms with Gasteiger partial charge in [0, 0.05) is 16.6 Å². The minimum atomic E-state index is -0.689. The molecular formula is C25H23NO8. The Kier molecular flexibility index (Phi) is 6.62. The number of amides is 1. The molecule has 1 N–H and O–H groups in total. The van der Waals surface area contributed by atoms with Crippen LogP contribution < -0.4 is 5.32 Å². The van der Waals surface area contributed by atoms with E-state index in [9.17, 15) is 19.2 Å². The fourth-order valence-electron chi connectivity index (χ4n) is 4.01. The Morgan fingerprint density at radius 2 is 1.56 bits per heavy atom. The quantitative estimate of drug-likeness (QED) is 0.417. The first-order valence-electron chi connectivity index (χ1n) is 10.7. The Labute approximate surface area is 195 Å². The van der Waals surface area contributed by atoms with Gasteiger partial charge in [-0.05, 0) is 60.7 Å². The van der Waals surface area contributed by atoms with Crippen LogP contribution in [0.5, 0.6) is 0 Å². The molecule has 0 fully saturated rings. The van der Waals surface area contributed by atoms with E-state index in [-0.39, 0.29) is 23.2 Å². The Hall–Kier alpha value is -4.14. The lowest BCUT2D eigenvalue weighted by Gasteiger charge is -2.10. The number of hydrogen-bond donors (Lipinski definition) is 1. The maximum Gasteiger partial charge on any atom is 0.337 e. The molecule has 0 unspecified atom stereocenters. The second-order valence-electron chi connectivity index (χ2n) is 7.90. The van der Waals surface area contributed by atoms with Gasteiger partial charge in [-0.3, -0.25) is 9.59 Å². The Morgan fingerprint density at radius 3 is 2.21 bits per heavy atom. The standard InChI is InChI=1S/C25H23NO8/c1-31-24(29)16-6-17(25(30)32-2)8-19(7-16)26-22(27)13-34-23(28)11-18-12-33-21-10-15-5-3-4-14(15)9-20(18)21/h6-10,12H,3-5,11,13H2,1-2H3,(H,26,27). The monoisotopic (exact) mass is 465 g/mol. The topological polar surface area (TPSA) is 121 Å². The van der Waals surface area contributed by atoms with Crippen molar-refractivity contribution in [2.24, 2.45) is 0 Å². The summed E-state index contributed by atoms with van der Waals surface area (Å²) < 4.78 is 20.0. The van der Waals surface area contributed by atoms with Crippen LogP contribution in [0.4, 0.5) is 5.69 Å². The molecule has 9 nitrogen and oxygen atoms in total. The highest BCUT2D eigenvalue weighted by Crippen LogP contribution is 2.30. The van der Waals surface area contributed by atoms with Crippen molar-refractivity contribution in [2.45, 2.75) is 25.7 Å². The second-order valence-corrected chi connectivity index (χ2v) is 7.90. The molecule has 34 heavy (non-hydrogen) atoms. The predicted molar refractivity (Wildman–Crippen MR) is 121 cm³/mol. The molecular weight excluding hydrogens is 442 g/mol. The third-order valence-electron chi connectivity index (χ3n) is 5.63. The molecule has 9 heteroatoms. The zero-order valence-electron chi connectivity index (χ0n) is 18.8. The van der Waals surface area contributed by atoms with Gasteiger partial charge in [0.15, 0.2) is 6.61 Å². The van der Waals surface area contributed by atoms with Crippen LogP contribution in [0.15, 0.2) is 41.0 Å². The van der Waals surface area contributed by atoms with Gasteiger partial charge in [0.05, 0.1) is 38.0 Å². The van der Waals surface area contributed by atoms with Crippen molar-refractivity contribution in [3.63, 3.8) is 0 Å². The van der Waals surface area contributed by atoms with E-state index in [4.69, 9.17) is 9.15 Å². The lowest BCUT2D eigenvalue weighted by atomic mass is 10.0. The van der Waals surface area contributed by atoms with Crippen LogP contribution >= 0.6 is 0 Å². The van der Waals surface area contributed by atoms with Crippen LogP contribution in [0, 0.1) is 0 Å². The van der Waals surface area contributed by atoms with Crippen LogP contribution in [0.1, 0.15) is 43.8 Å². The van der Waals surface area contributed by atoms with Crippen molar-refractivity contribution in [1.82, 2.24) is 0 Å². The summed E-state index contributed by atoms with van der Waals surface area (Å²) in [6, 6.07) is 8.05. The zero-order chi connectivity index (χ0) is 24.2. The van der Waals surface area contributed by atoms with Gasteiger partial charge in [0.25, 0.3) is 5.91 Å². The van der Waals surface area contributed by atoms with Gasteiger partial charge in [0.1, 0.15) is 5.58 Å². The molecule has 176 valence electrons. The number of esters is 3. The molecule has 0 atom stereocenters. The number of benzene rings is 2. The summed E-state index contributed by atoms with van der Waals surface area (Å²) >= 11 is 0. The highest BCUT2D eigenvalue weighted by Gasteiger charge is 2.19. The van der Waals surface area contributed by atoms with Gasteiger partial charge in [-0.25, -0.2) is 9.59 Å². The number of carbonyl (C=O) groups is 4. The number of hydrogen-bond acceptors (Lipinski definition) is 8. The summed E-state index contributed by atoms with van der Waals surface area (Å²) in [6.45, 7) is -0.542. The number of anilines is 1. The van der Waals surface area contributed by atoms with Crippen molar-refractivity contribution in [3.05, 3.63) is 64.4 Å². The van der Waals surface area contributed by atoms with Crippen LogP contribution in [0.3, 0.4) is 0 Å². The van der Waals surface area contributed by atoms with E-state index in [0.717, 1.165) is 30.2 Å². The van der Waals surface area contributed by atoms with Crippen LogP contribution in [0.25, 0.3) is 11.0 Å². The molecule has 1 aliphatic rings. The molecule has 0 saturated carbocycles. The van der Waals surface area contributed by atoms with Gasteiger partial charge in [-0.1, -0.05) is 0 Å². The summed E-state index contributed by atoms with van der Waals surface area (Å²) in [7, 11) is 2.39. The Morgan fingerprint density at radius 1 is 0.912 bits per heavy atom. The van der Waals surface area contributed by atoms with Crippen molar-refractivity contribution in [1.29, 1.82) is 0 Å². The first-order chi connectivity index (χ1) is 16.4. The summed E-state index contributed by atoms with van der Waals surface area (Å²) in [4.78, 5) is 48.4. The first-order valence-corrected chi connectivity index (χ1v) is 10.7. The van der Waals surface area contributed by atoms with Crippen molar-refractivity contribution in [2.75, 3.05) is 26.1 Å². The van der Waals surface area contributed by atoms with Gasteiger partial charge >= 0.3 is 17.9 Å². The van der Waals surface area contributed by atoms with Gasteiger partial charge in [0.2, 0.25) is 0 Å². The van der Waals surface area contributed by atoms with E-state index in [1.54, 1.807) is 0 Å². The number of furan rings is 1. The molecule has 1 amide bonds. The van der Waals surface area contributed by atoms with E-state index in [2.05, 4.69) is 20.9 Å². The molecule has 0 aliphatic heterocycles. The third kappa shape index (κ3) is 4.93. The third-order valence-corrected chi connectivity index (χ3v) is 5.63. The molecule has 0 radical (unpaired) electrons. The van der Waals surface area contributed by atoms with E-state index in [1.165, 1.54) is 49.8 Å². The number of rotatable bonds is 7. The van der Waals surface area contributed by atoms with Crippen LogP contribution in [-0.4, -0.2) is 44.6 Å². The molecule has 4 rings (SSSR count). The first kappa shape index (κ1) is 23.0.